The minimum absolute atomic E-state index is 0.0636. The number of nitrogens with zero attached hydrogens (tertiary/aromatic N) is 1. The predicted octanol–water partition coefficient (Wildman–Crippen LogP) is 3.10. The molecule has 1 fully saturated rings. The fourth-order valence-corrected chi connectivity index (χ4v) is 3.04. The van der Waals surface area contributed by atoms with Crippen molar-refractivity contribution in [3.05, 3.63) is 29.3 Å². The van der Waals surface area contributed by atoms with Crippen LogP contribution in [0.15, 0.2) is 24.3 Å². The number of halogens is 1. The van der Waals surface area contributed by atoms with Gasteiger partial charge in [-0.1, -0.05) is 24.6 Å². The van der Waals surface area contributed by atoms with Crippen molar-refractivity contribution in [1.29, 1.82) is 0 Å². The minimum atomic E-state index is -0.500. The Morgan fingerprint density at radius 2 is 2.18 bits per heavy atom. The van der Waals surface area contributed by atoms with Gasteiger partial charge in [0, 0.05) is 17.6 Å². The zero-order chi connectivity index (χ0) is 15.9. The van der Waals surface area contributed by atoms with Gasteiger partial charge in [0.15, 0.2) is 6.10 Å². The Kier molecular flexibility index (Phi) is 6.52. The minimum Gasteiger partial charge on any atom is -0.481 e. The number of hydrogen-bond donors (Lipinski definition) is 1. The highest BCUT2D eigenvalue weighted by atomic mass is 35.5. The average Bonchev–Trinajstić information content (AvgIpc) is 2.53. The standard InChI is InChI=1S/C17H25ClN2O2/c1-3-11-20(15-7-9-19-10-8-15)17(21)13(2)22-16-6-4-5-14(18)12-16/h4-6,12-13,15,19H,3,7-11H2,1-2H3. The lowest BCUT2D eigenvalue weighted by Crippen LogP contribution is -2.50. The maximum absolute atomic E-state index is 12.8. The molecule has 1 aliphatic rings. The molecule has 0 radical (unpaired) electrons. The van der Waals surface area contributed by atoms with Gasteiger partial charge in [-0.3, -0.25) is 4.79 Å². The summed E-state index contributed by atoms with van der Waals surface area (Å²) in [7, 11) is 0. The normalized spacial score (nSPS) is 17.0. The molecule has 5 heteroatoms. The van der Waals surface area contributed by atoms with Crippen LogP contribution in [0.25, 0.3) is 0 Å². The van der Waals surface area contributed by atoms with Crippen LogP contribution >= 0.6 is 11.6 Å². The van der Waals surface area contributed by atoms with Crippen LogP contribution in [0, 0.1) is 0 Å². The summed E-state index contributed by atoms with van der Waals surface area (Å²) in [5.41, 5.74) is 0. The Morgan fingerprint density at radius 1 is 1.45 bits per heavy atom. The first-order valence-electron chi connectivity index (χ1n) is 8.05. The van der Waals surface area contributed by atoms with Crippen LogP contribution in [0.4, 0.5) is 0 Å². The fourth-order valence-electron chi connectivity index (χ4n) is 2.86. The van der Waals surface area contributed by atoms with Gasteiger partial charge in [-0.2, -0.15) is 0 Å². The van der Waals surface area contributed by atoms with Gasteiger partial charge in [-0.25, -0.2) is 0 Å². The van der Waals surface area contributed by atoms with E-state index in [9.17, 15) is 4.79 Å². The summed E-state index contributed by atoms with van der Waals surface area (Å²) in [6.07, 6.45) is 2.48. The summed E-state index contributed by atoms with van der Waals surface area (Å²) < 4.78 is 5.78. The van der Waals surface area contributed by atoms with Gasteiger partial charge in [0.1, 0.15) is 5.75 Å². The molecule has 1 N–H and O–H groups in total. The second-order valence-electron chi connectivity index (χ2n) is 5.73. The van der Waals surface area contributed by atoms with Crippen molar-refractivity contribution in [3.63, 3.8) is 0 Å². The molecule has 122 valence electrons. The molecule has 22 heavy (non-hydrogen) atoms. The maximum Gasteiger partial charge on any atom is 0.263 e. The second kappa shape index (κ2) is 8.39. The Morgan fingerprint density at radius 3 is 2.82 bits per heavy atom. The number of rotatable bonds is 6. The first-order valence-corrected chi connectivity index (χ1v) is 8.43. The van der Waals surface area contributed by atoms with E-state index in [4.69, 9.17) is 16.3 Å². The SMILES string of the molecule is CCCN(C(=O)C(C)Oc1cccc(Cl)c1)C1CCNCC1. The van der Waals surface area contributed by atoms with Gasteiger partial charge in [0.05, 0.1) is 0 Å². The van der Waals surface area contributed by atoms with Crippen molar-refractivity contribution < 1.29 is 9.53 Å². The average molecular weight is 325 g/mol. The highest BCUT2D eigenvalue weighted by Gasteiger charge is 2.28. The summed E-state index contributed by atoms with van der Waals surface area (Å²) in [4.78, 5) is 14.8. The molecule has 0 bridgehead atoms. The molecule has 1 atom stereocenters. The molecule has 1 heterocycles. The van der Waals surface area contributed by atoms with E-state index in [0.29, 0.717) is 16.8 Å². The largest absolute Gasteiger partial charge is 0.481 e. The van der Waals surface area contributed by atoms with Crippen LogP contribution in [0.3, 0.4) is 0 Å². The number of nitrogens with one attached hydrogen (secondary N) is 1. The van der Waals surface area contributed by atoms with Gasteiger partial charge < -0.3 is 15.0 Å². The molecule has 1 aromatic carbocycles. The van der Waals surface area contributed by atoms with E-state index < -0.39 is 6.10 Å². The number of piperidine rings is 1. The van der Waals surface area contributed by atoms with Crippen molar-refractivity contribution in [2.45, 2.75) is 45.3 Å². The van der Waals surface area contributed by atoms with Gasteiger partial charge in [-0.05, 0) is 57.5 Å². The van der Waals surface area contributed by atoms with Crippen LogP contribution in [0.5, 0.6) is 5.75 Å². The lowest BCUT2D eigenvalue weighted by molar-refractivity contribution is -0.141. The molecule has 1 unspecified atom stereocenters. The summed E-state index contributed by atoms with van der Waals surface area (Å²) in [5.74, 6) is 0.698. The number of carbonyl (C=O) groups excluding carboxylic acids is 1. The Hall–Kier alpha value is -1.26. The van der Waals surface area contributed by atoms with Crippen molar-refractivity contribution in [3.8, 4) is 5.75 Å². The van der Waals surface area contributed by atoms with Crippen LogP contribution in [0.2, 0.25) is 5.02 Å². The van der Waals surface area contributed by atoms with Crippen molar-refractivity contribution in [1.82, 2.24) is 10.2 Å². The Labute approximate surface area is 137 Å². The monoisotopic (exact) mass is 324 g/mol. The lowest BCUT2D eigenvalue weighted by Gasteiger charge is -2.36. The quantitative estimate of drug-likeness (QED) is 0.874. The van der Waals surface area contributed by atoms with Gasteiger partial charge in [0.2, 0.25) is 0 Å². The number of carbonyl (C=O) groups is 1. The zero-order valence-corrected chi connectivity index (χ0v) is 14.1. The number of hydrogen-bond acceptors (Lipinski definition) is 3. The molecular weight excluding hydrogens is 300 g/mol. The van der Waals surface area contributed by atoms with Crippen molar-refractivity contribution >= 4 is 17.5 Å². The third-order valence-electron chi connectivity index (χ3n) is 3.95. The van der Waals surface area contributed by atoms with Gasteiger partial charge in [-0.15, -0.1) is 0 Å². The topological polar surface area (TPSA) is 41.6 Å². The van der Waals surface area contributed by atoms with Gasteiger partial charge >= 0.3 is 0 Å². The molecule has 1 aliphatic heterocycles. The Bertz CT molecular complexity index is 489. The van der Waals surface area contributed by atoms with Crippen molar-refractivity contribution in [2.75, 3.05) is 19.6 Å². The first-order chi connectivity index (χ1) is 10.6. The summed E-state index contributed by atoms with van der Waals surface area (Å²) in [6.45, 7) is 6.65. The van der Waals surface area contributed by atoms with E-state index in [0.717, 1.165) is 38.9 Å². The molecule has 4 nitrogen and oxygen atoms in total. The number of benzene rings is 1. The van der Waals surface area contributed by atoms with E-state index in [1.54, 1.807) is 12.1 Å². The fraction of sp³-hybridized carbons (Fsp3) is 0.588. The van der Waals surface area contributed by atoms with Gasteiger partial charge in [0.25, 0.3) is 5.91 Å². The van der Waals surface area contributed by atoms with E-state index in [1.807, 2.05) is 24.0 Å². The molecule has 0 spiro atoms. The number of ether oxygens (including phenoxy) is 1. The second-order valence-corrected chi connectivity index (χ2v) is 6.17. The molecule has 0 saturated carbocycles. The van der Waals surface area contributed by atoms with Crippen LogP contribution in [-0.4, -0.2) is 42.6 Å². The van der Waals surface area contributed by atoms with E-state index >= 15 is 0 Å². The highest BCUT2D eigenvalue weighted by molar-refractivity contribution is 6.30. The lowest BCUT2D eigenvalue weighted by atomic mass is 10.0. The third kappa shape index (κ3) is 4.62. The summed E-state index contributed by atoms with van der Waals surface area (Å²) >= 11 is 5.96. The van der Waals surface area contributed by atoms with Crippen molar-refractivity contribution in [2.24, 2.45) is 0 Å². The third-order valence-corrected chi connectivity index (χ3v) is 4.19. The van der Waals surface area contributed by atoms with E-state index in [-0.39, 0.29) is 5.91 Å². The first kappa shape index (κ1) is 17.1. The molecular formula is C17H25ClN2O2. The van der Waals surface area contributed by atoms with E-state index in [1.165, 1.54) is 0 Å². The predicted molar refractivity (Wildman–Crippen MR) is 89.4 cm³/mol. The molecule has 0 aromatic heterocycles. The summed E-state index contributed by atoms with van der Waals surface area (Å²) in [5, 5.41) is 3.95. The maximum atomic E-state index is 12.8. The molecule has 2 rings (SSSR count). The molecule has 0 aliphatic carbocycles. The summed E-state index contributed by atoms with van der Waals surface area (Å²) in [6, 6.07) is 7.49. The molecule has 1 aromatic rings. The highest BCUT2D eigenvalue weighted by Crippen LogP contribution is 2.20. The molecule has 1 amide bonds. The van der Waals surface area contributed by atoms with Crippen LogP contribution < -0.4 is 10.1 Å². The number of amides is 1. The zero-order valence-electron chi connectivity index (χ0n) is 13.3. The van der Waals surface area contributed by atoms with E-state index in [2.05, 4.69) is 12.2 Å². The van der Waals surface area contributed by atoms with Crippen LogP contribution in [0.1, 0.15) is 33.1 Å². The van der Waals surface area contributed by atoms with Crippen LogP contribution in [-0.2, 0) is 4.79 Å². The molecule has 1 saturated heterocycles. The Balaban J connectivity index is 2.01. The smallest absolute Gasteiger partial charge is 0.263 e.